The summed E-state index contributed by atoms with van der Waals surface area (Å²) >= 11 is 6.08. The number of Topliss-reactive ketones (excluding diaryl/α,β-unsaturated/α-hetero) is 1. The van der Waals surface area contributed by atoms with E-state index in [2.05, 4.69) is 5.32 Å². The minimum Gasteiger partial charge on any atom is -0.479 e. The molecule has 0 saturated heterocycles. The molecule has 1 aliphatic heterocycles. The largest absolute Gasteiger partial charge is 0.479 e. The Morgan fingerprint density at radius 1 is 1.20 bits per heavy atom. The summed E-state index contributed by atoms with van der Waals surface area (Å²) in [5.41, 5.74) is 1.76. The second-order valence-electron chi connectivity index (χ2n) is 4.72. The maximum absolute atomic E-state index is 12.3. The molecule has 2 aromatic carbocycles. The Balaban J connectivity index is 1.72. The number of anilines is 1. The van der Waals surface area contributed by atoms with Crippen LogP contribution in [0.4, 0.5) is 5.69 Å². The molecule has 20 heavy (non-hydrogen) atoms. The van der Waals surface area contributed by atoms with Gasteiger partial charge in [-0.2, -0.15) is 0 Å². The lowest BCUT2D eigenvalue weighted by molar-refractivity contribution is -0.124. The van der Waals surface area contributed by atoms with Crippen molar-refractivity contribution in [2.75, 3.05) is 11.9 Å². The third-order valence-electron chi connectivity index (χ3n) is 3.32. The molecule has 0 fully saturated rings. The van der Waals surface area contributed by atoms with E-state index in [4.69, 9.17) is 16.3 Å². The normalized spacial score (nSPS) is 16.8. The Morgan fingerprint density at radius 3 is 2.80 bits per heavy atom. The number of fused-ring (bicyclic) bond motifs is 1. The molecule has 3 nitrogen and oxygen atoms in total. The summed E-state index contributed by atoms with van der Waals surface area (Å²) in [5, 5.41) is 3.83. The van der Waals surface area contributed by atoms with Crippen LogP contribution >= 0.6 is 11.6 Å². The van der Waals surface area contributed by atoms with E-state index in [0.29, 0.717) is 11.6 Å². The maximum Gasteiger partial charge on any atom is 0.179 e. The van der Waals surface area contributed by atoms with Crippen LogP contribution in [0.25, 0.3) is 0 Å². The first-order valence-electron chi connectivity index (χ1n) is 6.50. The van der Waals surface area contributed by atoms with E-state index in [9.17, 15) is 4.79 Å². The van der Waals surface area contributed by atoms with E-state index >= 15 is 0 Å². The molecule has 0 bridgehead atoms. The van der Waals surface area contributed by atoms with Crippen LogP contribution in [-0.2, 0) is 11.2 Å². The average Bonchev–Trinajstić information content (AvgIpc) is 2.49. The smallest absolute Gasteiger partial charge is 0.179 e. The average molecular weight is 288 g/mol. The van der Waals surface area contributed by atoms with E-state index in [0.717, 1.165) is 17.0 Å². The van der Waals surface area contributed by atoms with Crippen LogP contribution in [-0.4, -0.2) is 18.4 Å². The summed E-state index contributed by atoms with van der Waals surface area (Å²) in [4.78, 5) is 12.3. The number of hydrogen-bond donors (Lipinski definition) is 1. The predicted octanol–water partition coefficient (Wildman–Crippen LogP) is 3.32. The number of carbonyl (C=O) groups is 1. The fourth-order valence-electron chi connectivity index (χ4n) is 2.24. The van der Waals surface area contributed by atoms with Crippen molar-refractivity contribution in [3.05, 3.63) is 59.1 Å². The zero-order valence-corrected chi connectivity index (χ0v) is 11.6. The maximum atomic E-state index is 12.3. The van der Waals surface area contributed by atoms with Gasteiger partial charge in [0.2, 0.25) is 0 Å². The van der Waals surface area contributed by atoms with Gasteiger partial charge in [0.05, 0.1) is 12.2 Å². The van der Waals surface area contributed by atoms with Crippen LogP contribution in [0.2, 0.25) is 5.02 Å². The van der Waals surface area contributed by atoms with Crippen molar-refractivity contribution in [2.24, 2.45) is 0 Å². The van der Waals surface area contributed by atoms with Gasteiger partial charge in [0.25, 0.3) is 0 Å². The molecule has 1 aliphatic rings. The van der Waals surface area contributed by atoms with Gasteiger partial charge in [0.15, 0.2) is 11.9 Å². The molecule has 0 spiro atoms. The minimum absolute atomic E-state index is 0.0279. The van der Waals surface area contributed by atoms with Gasteiger partial charge in [-0.05, 0) is 23.8 Å². The Hall–Kier alpha value is -2.00. The highest BCUT2D eigenvalue weighted by atomic mass is 35.5. The van der Waals surface area contributed by atoms with Gasteiger partial charge in [-0.25, -0.2) is 0 Å². The molecule has 0 amide bonds. The Morgan fingerprint density at radius 2 is 1.95 bits per heavy atom. The Labute approximate surface area is 122 Å². The Bertz CT molecular complexity index is 642. The molecule has 1 unspecified atom stereocenters. The third kappa shape index (κ3) is 2.63. The monoisotopic (exact) mass is 287 g/mol. The number of rotatable bonds is 3. The fourth-order valence-corrected chi connectivity index (χ4v) is 2.44. The number of halogens is 1. The first-order valence-corrected chi connectivity index (χ1v) is 6.87. The number of ketones is 1. The lowest BCUT2D eigenvalue weighted by Gasteiger charge is -2.26. The van der Waals surface area contributed by atoms with Crippen LogP contribution in [0, 0.1) is 0 Å². The number of nitrogens with one attached hydrogen (secondary N) is 1. The molecule has 0 radical (unpaired) electrons. The van der Waals surface area contributed by atoms with Crippen molar-refractivity contribution in [3.8, 4) is 5.75 Å². The number of para-hydroxylation sites is 2. The molecule has 102 valence electrons. The van der Waals surface area contributed by atoms with Gasteiger partial charge in [-0.15, -0.1) is 0 Å². The zero-order valence-electron chi connectivity index (χ0n) is 10.8. The Kier molecular flexibility index (Phi) is 3.61. The van der Waals surface area contributed by atoms with Crippen LogP contribution in [0.5, 0.6) is 5.75 Å². The summed E-state index contributed by atoms with van der Waals surface area (Å²) in [6.07, 6.45) is -0.185. The lowest BCUT2D eigenvalue weighted by Crippen LogP contribution is -2.38. The second kappa shape index (κ2) is 5.55. The first-order chi connectivity index (χ1) is 9.74. The van der Waals surface area contributed by atoms with Crippen LogP contribution < -0.4 is 10.1 Å². The molecule has 4 heteroatoms. The van der Waals surface area contributed by atoms with Crippen molar-refractivity contribution < 1.29 is 9.53 Å². The van der Waals surface area contributed by atoms with Crippen LogP contribution in [0.15, 0.2) is 48.5 Å². The third-order valence-corrected chi connectivity index (χ3v) is 3.68. The van der Waals surface area contributed by atoms with E-state index in [1.54, 1.807) is 6.07 Å². The molecular weight excluding hydrogens is 274 g/mol. The zero-order chi connectivity index (χ0) is 13.9. The quantitative estimate of drug-likeness (QED) is 0.941. The molecule has 1 N–H and O–H groups in total. The highest BCUT2D eigenvalue weighted by molar-refractivity contribution is 6.31. The van der Waals surface area contributed by atoms with E-state index < -0.39 is 6.10 Å². The molecule has 0 saturated carbocycles. The molecule has 0 aliphatic carbocycles. The van der Waals surface area contributed by atoms with Crippen molar-refractivity contribution in [2.45, 2.75) is 12.5 Å². The second-order valence-corrected chi connectivity index (χ2v) is 5.13. The highest BCUT2D eigenvalue weighted by Crippen LogP contribution is 2.29. The van der Waals surface area contributed by atoms with Gasteiger partial charge >= 0.3 is 0 Å². The summed E-state index contributed by atoms with van der Waals surface area (Å²) in [7, 11) is 0. The van der Waals surface area contributed by atoms with Crippen molar-refractivity contribution in [1.29, 1.82) is 0 Å². The van der Waals surface area contributed by atoms with Gasteiger partial charge in [-0.3, -0.25) is 4.79 Å². The number of carbonyl (C=O) groups excluding carboxylic acids is 1. The van der Waals surface area contributed by atoms with Gasteiger partial charge < -0.3 is 10.1 Å². The van der Waals surface area contributed by atoms with E-state index in [1.807, 2.05) is 42.5 Å². The number of hydrogen-bond acceptors (Lipinski definition) is 3. The van der Waals surface area contributed by atoms with Gasteiger partial charge in [0, 0.05) is 11.4 Å². The summed E-state index contributed by atoms with van der Waals surface area (Å²) in [6.45, 7) is 0.486. The molecule has 2 aromatic rings. The van der Waals surface area contributed by atoms with Crippen molar-refractivity contribution >= 4 is 23.1 Å². The number of benzene rings is 2. The summed E-state index contributed by atoms with van der Waals surface area (Å²) in [5.74, 6) is 0.747. The van der Waals surface area contributed by atoms with E-state index in [-0.39, 0.29) is 12.2 Å². The summed E-state index contributed by atoms with van der Waals surface area (Å²) in [6, 6.07) is 15.0. The van der Waals surface area contributed by atoms with Crippen molar-refractivity contribution in [3.63, 3.8) is 0 Å². The predicted molar refractivity (Wildman–Crippen MR) is 79.5 cm³/mol. The molecule has 1 heterocycles. The lowest BCUT2D eigenvalue weighted by atomic mass is 10.0. The van der Waals surface area contributed by atoms with E-state index in [1.165, 1.54) is 0 Å². The first kappa shape index (κ1) is 13.0. The fraction of sp³-hybridized carbons (Fsp3) is 0.188. The molecule has 1 atom stereocenters. The molecular formula is C16H14ClNO2. The van der Waals surface area contributed by atoms with Crippen molar-refractivity contribution in [1.82, 2.24) is 0 Å². The van der Waals surface area contributed by atoms with Crippen LogP contribution in [0.1, 0.15) is 5.56 Å². The SMILES string of the molecule is O=C(Cc1ccccc1Cl)C1CNc2ccccc2O1. The topological polar surface area (TPSA) is 38.3 Å². The van der Waals surface area contributed by atoms with Gasteiger partial charge in [-0.1, -0.05) is 41.9 Å². The molecule has 0 aromatic heterocycles. The number of ether oxygens (including phenoxy) is 1. The minimum atomic E-state index is -0.471. The standard InChI is InChI=1S/C16H14ClNO2/c17-12-6-2-1-5-11(12)9-14(19)16-10-18-13-7-3-4-8-15(13)20-16/h1-8,16,18H,9-10H2. The highest BCUT2D eigenvalue weighted by Gasteiger charge is 2.25. The van der Waals surface area contributed by atoms with Gasteiger partial charge in [0.1, 0.15) is 5.75 Å². The molecule has 3 rings (SSSR count). The summed E-state index contributed by atoms with van der Waals surface area (Å²) < 4.78 is 5.75. The van der Waals surface area contributed by atoms with Crippen LogP contribution in [0.3, 0.4) is 0 Å².